The molecule has 0 spiro atoms. The molecule has 554 valence electrons. The minimum atomic E-state index is -0.896. The van der Waals surface area contributed by atoms with Gasteiger partial charge in [0.15, 0.2) is 0 Å². The third-order valence-corrected chi connectivity index (χ3v) is 25.1. The van der Waals surface area contributed by atoms with Gasteiger partial charge in [0.25, 0.3) is 0 Å². The number of hydrogen-bond donors (Lipinski definition) is 0. The Morgan fingerprint density at radius 2 is 0.455 bits per heavy atom. The second kappa shape index (κ2) is 46.0. The summed E-state index contributed by atoms with van der Waals surface area (Å²) in [4.78, 5) is 41.3. The maximum Gasteiger partial charge on any atom is 2.00 e. The number of esters is 3. The number of ether oxygens (including phenoxy) is 3. The van der Waals surface area contributed by atoms with E-state index in [1.54, 1.807) is 72.8 Å². The zero-order chi connectivity index (χ0) is 77.3. The molecule has 6 nitrogen and oxygen atoms in total. The first-order valence-corrected chi connectivity index (χ1v) is 42.8. The van der Waals surface area contributed by atoms with Gasteiger partial charge in [-0.3, -0.25) is 0 Å². The first kappa shape index (κ1) is 86.6. The molecule has 0 bridgehead atoms. The maximum atomic E-state index is 13.0. The molecule has 0 aliphatic heterocycles. The first-order valence-electron chi connectivity index (χ1n) is 35.3. The molecule has 14 aromatic rings. The van der Waals surface area contributed by atoms with Crippen LogP contribution in [0.25, 0.3) is 0 Å². The van der Waals surface area contributed by atoms with Crippen molar-refractivity contribution in [3.05, 3.63) is 415 Å². The Morgan fingerprint density at radius 1 is 0.273 bits per heavy atom. The fraction of sp³-hybridized carbons (Fsp3) is 0.0842. The van der Waals surface area contributed by atoms with Gasteiger partial charge in [0.05, 0.1) is 16.7 Å². The molecule has 0 atom stereocenters. The van der Waals surface area contributed by atoms with E-state index in [1.165, 1.54) is 54.1 Å². The zero-order valence-corrected chi connectivity index (χ0v) is 70.9. The van der Waals surface area contributed by atoms with Crippen molar-refractivity contribution in [2.75, 3.05) is 0 Å². The molecular weight excluding hydrogens is 1660 g/mol. The number of rotatable bonds is 17. The molecule has 0 N–H and O–H groups in total. The molecule has 0 saturated carbocycles. The third kappa shape index (κ3) is 26.3. The molecule has 14 aromatic carbocycles. The number of aryl methyl sites for hydroxylation is 2. The Hall–Kier alpha value is -9.02. The van der Waals surface area contributed by atoms with Crippen LogP contribution in [0.5, 0.6) is 17.2 Å². The van der Waals surface area contributed by atoms with Crippen molar-refractivity contribution in [2.24, 2.45) is 0 Å². The van der Waals surface area contributed by atoms with Crippen LogP contribution < -0.4 is 62.0 Å². The molecule has 0 fully saturated rings. The van der Waals surface area contributed by atoms with E-state index in [0.717, 1.165) is 15.9 Å². The quantitative estimate of drug-likeness (QED) is 0.0291. The average Bonchev–Trinajstić information content (AvgIpc) is 0.812. The molecule has 110 heavy (non-hydrogen) atoms. The number of halogens is 1. The second-order valence-electron chi connectivity index (χ2n) is 25.3. The zero-order valence-electron chi connectivity index (χ0n) is 61.6. The van der Waals surface area contributed by atoms with Crippen molar-refractivity contribution < 1.29 is 65.4 Å². The van der Waals surface area contributed by atoms with E-state index in [4.69, 9.17) is 52.1 Å². The van der Waals surface area contributed by atoms with Crippen molar-refractivity contribution >= 4 is 137 Å². The third-order valence-electron chi connectivity index (χ3n) is 16.8. The van der Waals surface area contributed by atoms with Gasteiger partial charge in [-0.25, -0.2) is 14.4 Å². The molecule has 0 aliphatic rings. The van der Waals surface area contributed by atoms with E-state index in [2.05, 4.69) is 173 Å². The molecule has 15 heteroatoms. The van der Waals surface area contributed by atoms with Crippen LogP contribution in [0.2, 0.25) is 0 Å². The fourth-order valence-corrected chi connectivity index (χ4v) is 18.9. The summed E-state index contributed by atoms with van der Waals surface area (Å²) in [6.07, 6.45) is 0. The van der Waals surface area contributed by atoms with Gasteiger partial charge in [0, 0.05) is 0 Å². The van der Waals surface area contributed by atoms with Crippen molar-refractivity contribution in [3.63, 3.8) is 0 Å². The van der Waals surface area contributed by atoms with E-state index in [1.807, 2.05) is 199 Å². The standard InChI is InChI=1S/3C25H19O2PS.2C10H14.ClH.2Ru/c3*26-25(27-19-15-17-22(29)18-16-19)23-13-7-8-14-24(23)28(20-9-3-1-4-10-20)21-11-5-2-6-12-21;2*1-8(2)10-6-4-9(3)5-7-10;;;/h3*1-18,29H;2*4-8H,1-3H3;1H;;/q;;;;;;2*+2/p-4. The molecular formula is C95H82ClO6P3Ru2S3. The summed E-state index contributed by atoms with van der Waals surface area (Å²) in [5.41, 5.74) is 7.25. The number of benzene rings is 14. The van der Waals surface area contributed by atoms with Crippen LogP contribution in [-0.4, -0.2) is 17.9 Å². The van der Waals surface area contributed by atoms with E-state index in [9.17, 15) is 14.4 Å². The molecule has 0 aliphatic carbocycles. The van der Waals surface area contributed by atoms with E-state index in [-0.39, 0.29) is 37.4 Å². The van der Waals surface area contributed by atoms with Gasteiger partial charge in [0.2, 0.25) is 0 Å². The predicted molar refractivity (Wildman–Crippen MR) is 463 cm³/mol. The average molecular weight is 1750 g/mol. The monoisotopic (exact) mass is 1750 g/mol. The Morgan fingerprint density at radius 3 is 0.645 bits per heavy atom. The van der Waals surface area contributed by atoms with Crippen molar-refractivity contribution in [1.29, 1.82) is 0 Å². The second-order valence-corrected chi connectivity index (χ2v) is 33.3. The smallest absolute Gasteiger partial charge is 2.00 e. The van der Waals surface area contributed by atoms with Gasteiger partial charge in [0.1, 0.15) is 17.2 Å². The Labute approximate surface area is 696 Å². The van der Waals surface area contributed by atoms with Gasteiger partial charge in [-0.05, 0) is 163 Å². The van der Waals surface area contributed by atoms with Crippen molar-refractivity contribution in [2.45, 2.75) is 68.1 Å². The van der Waals surface area contributed by atoms with E-state index >= 15 is 0 Å². The molecule has 0 aromatic heterocycles. The summed E-state index contributed by atoms with van der Waals surface area (Å²) in [6, 6.07) is 123. The summed E-state index contributed by atoms with van der Waals surface area (Å²) < 4.78 is 16.9. The molecule has 0 amide bonds. The molecule has 0 heterocycles. The van der Waals surface area contributed by atoms with Gasteiger partial charge in [-0.15, -0.1) is 0 Å². The van der Waals surface area contributed by atoms with Gasteiger partial charge < -0.3 is 52.1 Å². The first-order chi connectivity index (χ1) is 53.1. The van der Waals surface area contributed by atoms with E-state index in [0.29, 0.717) is 60.5 Å². The van der Waals surface area contributed by atoms with Gasteiger partial charge in [-0.2, -0.15) is 14.7 Å². The van der Waals surface area contributed by atoms with Crippen LogP contribution in [0, 0.1) is 13.8 Å². The molecule has 0 radical (unpaired) electrons. The summed E-state index contributed by atoms with van der Waals surface area (Å²) >= 11 is 17.1. The Bertz CT molecular complexity index is 4470. The maximum absolute atomic E-state index is 13.0. The predicted octanol–water partition coefficient (Wildman–Crippen LogP) is 20.6. The van der Waals surface area contributed by atoms with Crippen molar-refractivity contribution in [3.8, 4) is 17.2 Å². The SMILES string of the molecule is Cc1ccc(C(C)C)cc1.Cc1ccc(C(C)C)cc1.O=C(Oc1ccc([S-])cc1)c1ccccc1P(c1ccccc1)c1ccccc1.O=C(Oc1ccc([S-])cc1)c1ccccc1P(c1ccccc1)c1ccccc1.O=C(Oc1ccc([S-])cc1)c1ccccc1P(c1ccccc1)c1ccccc1.[Cl][Ru+].[Ru+2]. The van der Waals surface area contributed by atoms with Crippen LogP contribution in [0.4, 0.5) is 0 Å². The number of carbonyl (C=O) groups excluding carboxylic acids is 3. The van der Waals surface area contributed by atoms with Crippen LogP contribution in [0.3, 0.4) is 0 Å². The van der Waals surface area contributed by atoms with Crippen LogP contribution in [0.1, 0.15) is 92.9 Å². The van der Waals surface area contributed by atoms with Crippen LogP contribution >= 0.6 is 33.5 Å². The molecule has 0 unspecified atom stereocenters. The van der Waals surface area contributed by atoms with Crippen LogP contribution in [0.15, 0.2) is 391 Å². The topological polar surface area (TPSA) is 78.9 Å². The summed E-state index contributed by atoms with van der Waals surface area (Å²) in [6.45, 7) is 13.1. The van der Waals surface area contributed by atoms with Gasteiger partial charge >= 0.3 is 64.4 Å². The minimum absolute atomic E-state index is 0. The number of carbonyl (C=O) groups is 3. The van der Waals surface area contributed by atoms with Gasteiger partial charge in [-0.1, -0.05) is 360 Å². The summed E-state index contributed by atoms with van der Waals surface area (Å²) in [5.74, 6) is 1.68. The number of hydrogen-bond acceptors (Lipinski definition) is 9. The largest absolute Gasteiger partial charge is 2.00 e. The Kier molecular flexibility index (Phi) is 36.2. The minimum Gasteiger partial charge on any atom is 2.00 e. The normalized spacial score (nSPS) is 10.4. The summed E-state index contributed by atoms with van der Waals surface area (Å²) in [7, 11) is 1.88. The Balaban J connectivity index is 0.000000181. The van der Waals surface area contributed by atoms with E-state index < -0.39 is 23.8 Å². The summed E-state index contributed by atoms with van der Waals surface area (Å²) in [5, 5.41) is 10.0. The van der Waals surface area contributed by atoms with Crippen LogP contribution in [-0.2, 0) is 74.7 Å². The van der Waals surface area contributed by atoms with Crippen molar-refractivity contribution in [1.82, 2.24) is 0 Å². The molecule has 0 saturated heterocycles. The fourth-order valence-electron chi connectivity index (χ4n) is 11.2. The molecule has 14 rings (SSSR count).